The summed E-state index contributed by atoms with van der Waals surface area (Å²) in [7, 11) is 0. The van der Waals surface area contributed by atoms with Gasteiger partial charge in [0.1, 0.15) is 0 Å². The third-order valence-corrected chi connectivity index (χ3v) is 3.89. The number of carbonyl (C=O) groups excluding carboxylic acids is 1. The van der Waals surface area contributed by atoms with Crippen LogP contribution in [0.15, 0.2) is 0 Å². The molecular weight excluding hydrogens is 266 g/mol. The van der Waals surface area contributed by atoms with Crippen LogP contribution in [0.5, 0.6) is 0 Å². The molecule has 0 aliphatic carbocycles. The number of urea groups is 1. The smallest absolute Gasteiger partial charge is 0.317 e. The molecule has 0 spiro atoms. The first-order chi connectivity index (χ1) is 9.71. The molecule has 0 aromatic carbocycles. The number of carbonyl (C=O) groups is 1. The molecule has 1 heterocycles. The van der Waals surface area contributed by atoms with E-state index in [2.05, 4.69) is 24.1 Å². The van der Waals surface area contributed by atoms with Gasteiger partial charge in [0, 0.05) is 25.7 Å². The second-order valence-corrected chi connectivity index (χ2v) is 7.18. The van der Waals surface area contributed by atoms with E-state index in [1.807, 2.05) is 6.92 Å². The zero-order valence-electron chi connectivity index (χ0n) is 14.4. The van der Waals surface area contributed by atoms with Crippen molar-refractivity contribution in [3.05, 3.63) is 0 Å². The van der Waals surface area contributed by atoms with Crippen molar-refractivity contribution in [3.63, 3.8) is 0 Å². The zero-order chi connectivity index (χ0) is 16.0. The topological polar surface area (TPSA) is 55.8 Å². The summed E-state index contributed by atoms with van der Waals surface area (Å²) >= 11 is 0. The Morgan fingerprint density at radius 1 is 1.52 bits per heavy atom. The Balaban J connectivity index is 2.41. The van der Waals surface area contributed by atoms with E-state index in [0.29, 0.717) is 13.1 Å². The van der Waals surface area contributed by atoms with Crippen LogP contribution in [0.4, 0.5) is 4.79 Å². The lowest BCUT2D eigenvalue weighted by atomic mass is 10.00. The van der Waals surface area contributed by atoms with E-state index in [1.54, 1.807) is 18.7 Å². The standard InChI is InChI=1S/C16H33N3O2/c1-6-19(12-16(4,5)21)15(20)17-14(3)11-18-9-7-8-13(2)10-18/h13-14,21H,6-12H2,1-5H3,(H,17,20). The molecule has 1 saturated heterocycles. The molecule has 0 aromatic rings. The first-order valence-corrected chi connectivity index (χ1v) is 8.21. The SMILES string of the molecule is CCN(CC(C)(C)O)C(=O)NC(C)CN1CCCC(C)C1. The van der Waals surface area contributed by atoms with Crippen LogP contribution in [-0.2, 0) is 0 Å². The van der Waals surface area contributed by atoms with E-state index in [-0.39, 0.29) is 12.1 Å². The van der Waals surface area contributed by atoms with Crippen LogP contribution in [0.2, 0.25) is 0 Å². The Morgan fingerprint density at radius 3 is 2.71 bits per heavy atom. The van der Waals surface area contributed by atoms with Gasteiger partial charge in [-0.15, -0.1) is 0 Å². The summed E-state index contributed by atoms with van der Waals surface area (Å²) in [6, 6.07) is 0.0378. The lowest BCUT2D eigenvalue weighted by Crippen LogP contribution is -2.51. The fourth-order valence-electron chi connectivity index (χ4n) is 2.98. The van der Waals surface area contributed by atoms with Crippen molar-refractivity contribution in [1.29, 1.82) is 0 Å². The molecule has 2 N–H and O–H groups in total. The van der Waals surface area contributed by atoms with Crippen LogP contribution in [0.1, 0.15) is 47.5 Å². The molecule has 1 fully saturated rings. The predicted molar refractivity (Wildman–Crippen MR) is 86.4 cm³/mol. The number of aliphatic hydroxyl groups is 1. The highest BCUT2D eigenvalue weighted by atomic mass is 16.3. The molecule has 5 heteroatoms. The largest absolute Gasteiger partial charge is 0.389 e. The molecule has 0 radical (unpaired) electrons. The average molecular weight is 299 g/mol. The van der Waals surface area contributed by atoms with E-state index in [0.717, 1.165) is 25.6 Å². The van der Waals surface area contributed by atoms with Crippen LogP contribution in [0.25, 0.3) is 0 Å². The maximum Gasteiger partial charge on any atom is 0.317 e. The Morgan fingerprint density at radius 2 is 2.19 bits per heavy atom. The van der Waals surface area contributed by atoms with Crippen LogP contribution < -0.4 is 5.32 Å². The minimum absolute atomic E-state index is 0.0859. The van der Waals surface area contributed by atoms with Crippen molar-refractivity contribution in [1.82, 2.24) is 15.1 Å². The summed E-state index contributed by atoms with van der Waals surface area (Å²) in [5.74, 6) is 0.754. The number of nitrogens with zero attached hydrogens (tertiary/aromatic N) is 2. The number of nitrogens with one attached hydrogen (secondary N) is 1. The molecule has 5 nitrogen and oxygen atoms in total. The predicted octanol–water partition coefficient (Wildman–Crippen LogP) is 1.91. The first-order valence-electron chi connectivity index (χ1n) is 8.21. The average Bonchev–Trinajstić information content (AvgIpc) is 2.34. The molecule has 2 unspecified atom stereocenters. The van der Waals surface area contributed by atoms with Crippen molar-refractivity contribution in [2.45, 2.75) is 59.1 Å². The van der Waals surface area contributed by atoms with Crippen LogP contribution in [0, 0.1) is 5.92 Å². The van der Waals surface area contributed by atoms with Gasteiger partial charge in [0.2, 0.25) is 0 Å². The van der Waals surface area contributed by atoms with E-state index in [4.69, 9.17) is 0 Å². The molecule has 124 valence electrons. The van der Waals surface area contributed by atoms with Gasteiger partial charge < -0.3 is 20.2 Å². The van der Waals surface area contributed by atoms with Gasteiger partial charge in [-0.3, -0.25) is 0 Å². The number of likely N-dealkylation sites (N-methyl/N-ethyl adjacent to an activating group) is 1. The summed E-state index contributed by atoms with van der Waals surface area (Å²) < 4.78 is 0. The molecule has 21 heavy (non-hydrogen) atoms. The number of hydrogen-bond donors (Lipinski definition) is 2. The minimum atomic E-state index is -0.862. The Bertz CT molecular complexity index is 328. The van der Waals surface area contributed by atoms with Gasteiger partial charge in [0.15, 0.2) is 0 Å². The molecule has 1 rings (SSSR count). The quantitative estimate of drug-likeness (QED) is 0.788. The highest BCUT2D eigenvalue weighted by Crippen LogP contribution is 2.15. The van der Waals surface area contributed by atoms with Gasteiger partial charge in [0.25, 0.3) is 0 Å². The second kappa shape index (κ2) is 7.99. The Hall–Kier alpha value is -0.810. The van der Waals surface area contributed by atoms with Gasteiger partial charge in [0.05, 0.1) is 12.1 Å². The van der Waals surface area contributed by atoms with E-state index < -0.39 is 5.60 Å². The molecule has 1 aliphatic heterocycles. The minimum Gasteiger partial charge on any atom is -0.389 e. The van der Waals surface area contributed by atoms with Gasteiger partial charge in [-0.1, -0.05) is 6.92 Å². The lowest BCUT2D eigenvalue weighted by Gasteiger charge is -2.34. The maximum absolute atomic E-state index is 12.3. The van der Waals surface area contributed by atoms with Gasteiger partial charge in [-0.25, -0.2) is 4.79 Å². The van der Waals surface area contributed by atoms with Crippen LogP contribution >= 0.6 is 0 Å². The number of amides is 2. The van der Waals surface area contributed by atoms with Crippen LogP contribution in [-0.4, -0.2) is 65.3 Å². The monoisotopic (exact) mass is 299 g/mol. The Labute approximate surface area is 129 Å². The summed E-state index contributed by atoms with van der Waals surface area (Å²) in [4.78, 5) is 16.4. The summed E-state index contributed by atoms with van der Waals surface area (Å²) in [5.41, 5.74) is -0.862. The number of hydrogen-bond acceptors (Lipinski definition) is 3. The van der Waals surface area contributed by atoms with E-state index >= 15 is 0 Å². The molecule has 2 atom stereocenters. The fourth-order valence-corrected chi connectivity index (χ4v) is 2.98. The summed E-state index contributed by atoms with van der Waals surface area (Å²) in [6.45, 7) is 13.8. The van der Waals surface area contributed by atoms with Gasteiger partial charge in [-0.2, -0.15) is 0 Å². The van der Waals surface area contributed by atoms with E-state index in [9.17, 15) is 9.90 Å². The highest BCUT2D eigenvalue weighted by molar-refractivity contribution is 5.74. The number of rotatable bonds is 6. The van der Waals surface area contributed by atoms with Crippen LogP contribution in [0.3, 0.4) is 0 Å². The van der Waals surface area contributed by atoms with Crippen molar-refractivity contribution in [2.75, 3.05) is 32.7 Å². The third kappa shape index (κ3) is 7.14. The van der Waals surface area contributed by atoms with Crippen molar-refractivity contribution >= 4 is 6.03 Å². The van der Waals surface area contributed by atoms with Crippen molar-refractivity contribution < 1.29 is 9.90 Å². The zero-order valence-corrected chi connectivity index (χ0v) is 14.4. The molecule has 2 amide bonds. The van der Waals surface area contributed by atoms with Crippen molar-refractivity contribution in [3.8, 4) is 0 Å². The molecule has 0 aromatic heterocycles. The first kappa shape index (κ1) is 18.2. The molecule has 0 saturated carbocycles. The third-order valence-electron chi connectivity index (χ3n) is 3.89. The summed E-state index contributed by atoms with van der Waals surface area (Å²) in [6.07, 6.45) is 2.56. The summed E-state index contributed by atoms with van der Waals surface area (Å²) in [5, 5.41) is 12.9. The van der Waals surface area contributed by atoms with Crippen molar-refractivity contribution in [2.24, 2.45) is 5.92 Å². The maximum atomic E-state index is 12.3. The Kier molecular flexibility index (Phi) is 6.94. The molecule has 1 aliphatic rings. The molecule has 0 bridgehead atoms. The fraction of sp³-hybridized carbons (Fsp3) is 0.938. The normalized spacial score (nSPS) is 21.9. The van der Waals surface area contributed by atoms with Gasteiger partial charge in [-0.05, 0) is 53.0 Å². The lowest BCUT2D eigenvalue weighted by molar-refractivity contribution is 0.0473. The van der Waals surface area contributed by atoms with Gasteiger partial charge >= 0.3 is 6.03 Å². The van der Waals surface area contributed by atoms with E-state index in [1.165, 1.54) is 12.8 Å². The number of piperidine rings is 1. The number of likely N-dealkylation sites (tertiary alicyclic amines) is 1. The highest BCUT2D eigenvalue weighted by Gasteiger charge is 2.23. The second-order valence-electron chi connectivity index (χ2n) is 7.18. The molecular formula is C16H33N3O2.